The number of nitrogens with zero attached hydrogens (tertiary/aromatic N) is 3. The number of hydrogen-bond acceptors (Lipinski definition) is 5. The van der Waals surface area contributed by atoms with E-state index in [1.165, 1.54) is 0 Å². The predicted molar refractivity (Wildman–Crippen MR) is 149 cm³/mol. The molecule has 0 bridgehead atoms. The van der Waals surface area contributed by atoms with E-state index in [1.807, 2.05) is 41.3 Å². The second-order valence-electron chi connectivity index (χ2n) is 10.1. The molecule has 2 N–H and O–H groups in total. The Morgan fingerprint density at radius 2 is 2.05 bits per heavy atom. The van der Waals surface area contributed by atoms with Crippen LogP contribution in [0.2, 0.25) is 0 Å². The molecule has 7 heteroatoms. The topological polar surface area (TPSA) is 85.8 Å². The standard InChI is InChI=1S/C31H34N4O3/c1-22-7-4-10-24-14-17-33-30(29(22)24)35(26-12-6-16-32-20-26)31(38)25-11-5-9-23(19-25)8-2-3-13-28(37)34-18-15-27(36)21-34/h4-5,7,9-11,14,17,19,26-27,32,36H,3,6,12-13,15-16,18,20-21H2,1H3/t26-,27?/m1/s1. The monoisotopic (exact) mass is 510 g/mol. The average molecular weight is 511 g/mol. The molecule has 0 spiro atoms. The Morgan fingerprint density at radius 1 is 1.18 bits per heavy atom. The summed E-state index contributed by atoms with van der Waals surface area (Å²) in [7, 11) is 0. The number of nitrogens with one attached hydrogen (secondary N) is 1. The van der Waals surface area contributed by atoms with Gasteiger partial charge in [0.1, 0.15) is 5.82 Å². The van der Waals surface area contributed by atoms with Gasteiger partial charge >= 0.3 is 0 Å². The Balaban J connectivity index is 1.38. The molecule has 2 aliphatic heterocycles. The summed E-state index contributed by atoms with van der Waals surface area (Å²) in [6, 6.07) is 15.5. The lowest BCUT2D eigenvalue weighted by Gasteiger charge is -2.35. The number of pyridine rings is 1. The highest BCUT2D eigenvalue weighted by Gasteiger charge is 2.30. The number of β-amino-alcohol motifs (C(OH)–C–C–N with tert-alkyl or cyclic N) is 1. The minimum atomic E-state index is -0.415. The molecule has 0 saturated carbocycles. The summed E-state index contributed by atoms with van der Waals surface area (Å²) in [6.45, 7) is 4.75. The number of carbonyl (C=O) groups is 2. The Labute approximate surface area is 223 Å². The lowest BCUT2D eigenvalue weighted by molar-refractivity contribution is -0.130. The van der Waals surface area contributed by atoms with Crippen molar-refractivity contribution in [3.63, 3.8) is 0 Å². The largest absolute Gasteiger partial charge is 0.391 e. The molecule has 2 amide bonds. The van der Waals surface area contributed by atoms with Crippen LogP contribution in [0.4, 0.5) is 5.82 Å². The van der Waals surface area contributed by atoms with E-state index >= 15 is 0 Å². The Kier molecular flexibility index (Phi) is 8.02. The summed E-state index contributed by atoms with van der Waals surface area (Å²) < 4.78 is 0. The summed E-state index contributed by atoms with van der Waals surface area (Å²) in [5.41, 5.74) is 2.39. The number of likely N-dealkylation sites (tertiary alicyclic amines) is 1. The Bertz CT molecular complexity index is 1380. The highest BCUT2D eigenvalue weighted by Crippen LogP contribution is 2.31. The molecule has 38 heavy (non-hydrogen) atoms. The highest BCUT2D eigenvalue weighted by atomic mass is 16.3. The van der Waals surface area contributed by atoms with Crippen LogP contribution in [-0.2, 0) is 4.79 Å². The molecule has 2 aromatic carbocycles. The zero-order valence-corrected chi connectivity index (χ0v) is 21.8. The van der Waals surface area contributed by atoms with Gasteiger partial charge in [-0.2, -0.15) is 0 Å². The second-order valence-corrected chi connectivity index (χ2v) is 10.1. The molecule has 3 aromatic rings. The van der Waals surface area contributed by atoms with Crippen molar-refractivity contribution in [3.8, 4) is 11.8 Å². The van der Waals surface area contributed by atoms with Crippen LogP contribution in [0.15, 0.2) is 54.7 Å². The number of amides is 2. The van der Waals surface area contributed by atoms with Crippen molar-refractivity contribution < 1.29 is 14.7 Å². The number of anilines is 1. The van der Waals surface area contributed by atoms with Crippen LogP contribution in [0.25, 0.3) is 10.8 Å². The fourth-order valence-electron chi connectivity index (χ4n) is 5.39. The number of aliphatic hydroxyl groups excluding tert-OH is 1. The van der Waals surface area contributed by atoms with Crippen molar-refractivity contribution in [2.24, 2.45) is 0 Å². The van der Waals surface area contributed by atoms with Crippen LogP contribution in [-0.4, -0.2) is 65.1 Å². The van der Waals surface area contributed by atoms with Crippen molar-refractivity contribution in [2.75, 3.05) is 31.1 Å². The molecule has 0 radical (unpaired) electrons. The van der Waals surface area contributed by atoms with Gasteiger partial charge in [-0.3, -0.25) is 14.5 Å². The molecule has 3 heterocycles. The average Bonchev–Trinajstić information content (AvgIpc) is 3.38. The number of aromatic nitrogens is 1. The van der Waals surface area contributed by atoms with Gasteiger partial charge in [0.05, 0.1) is 12.1 Å². The maximum atomic E-state index is 14.1. The number of hydrogen-bond donors (Lipinski definition) is 2. The molecule has 1 unspecified atom stereocenters. The third-order valence-electron chi connectivity index (χ3n) is 7.38. The SMILES string of the molecule is Cc1cccc2ccnc(N(C(=O)c3cccc(C#CCCC(=O)N4CCC(O)C4)c3)[C@@H]3CCCNC3)c12. The van der Waals surface area contributed by atoms with E-state index in [2.05, 4.69) is 36.2 Å². The van der Waals surface area contributed by atoms with Gasteiger partial charge in [0.25, 0.3) is 5.91 Å². The van der Waals surface area contributed by atoms with E-state index in [0.29, 0.717) is 43.7 Å². The number of aryl methyl sites for hydroxylation is 1. The Hall–Kier alpha value is -3.73. The number of piperidine rings is 1. The van der Waals surface area contributed by atoms with Gasteiger partial charge in [0.15, 0.2) is 0 Å². The maximum absolute atomic E-state index is 14.1. The van der Waals surface area contributed by atoms with Crippen LogP contribution in [0.1, 0.15) is 53.6 Å². The first kappa shape index (κ1) is 25.9. The van der Waals surface area contributed by atoms with E-state index in [0.717, 1.165) is 47.8 Å². The molecule has 2 atom stereocenters. The van der Waals surface area contributed by atoms with Crippen molar-refractivity contribution in [3.05, 3.63) is 71.4 Å². The minimum absolute atomic E-state index is 0.00110. The summed E-state index contributed by atoms with van der Waals surface area (Å²) in [6.07, 6.45) is 4.67. The maximum Gasteiger partial charge on any atom is 0.259 e. The fraction of sp³-hybridized carbons (Fsp3) is 0.387. The normalized spacial score (nSPS) is 19.2. The van der Waals surface area contributed by atoms with Crippen LogP contribution in [0.5, 0.6) is 0 Å². The van der Waals surface area contributed by atoms with E-state index in [1.54, 1.807) is 11.1 Å². The molecular weight excluding hydrogens is 476 g/mol. The van der Waals surface area contributed by atoms with Gasteiger partial charge in [-0.05, 0) is 67.9 Å². The first-order chi connectivity index (χ1) is 18.5. The number of fused-ring (bicyclic) bond motifs is 1. The predicted octanol–water partition coefficient (Wildman–Crippen LogP) is 3.67. The first-order valence-electron chi connectivity index (χ1n) is 13.4. The quantitative estimate of drug-likeness (QED) is 0.512. The van der Waals surface area contributed by atoms with Crippen LogP contribution in [0.3, 0.4) is 0 Å². The number of benzene rings is 2. The van der Waals surface area contributed by atoms with Crippen molar-refractivity contribution >= 4 is 28.4 Å². The number of aliphatic hydroxyl groups is 1. The van der Waals surface area contributed by atoms with Gasteiger partial charge in [0, 0.05) is 55.2 Å². The molecule has 2 fully saturated rings. The summed E-state index contributed by atoms with van der Waals surface area (Å²) in [5, 5.41) is 15.1. The summed E-state index contributed by atoms with van der Waals surface area (Å²) >= 11 is 0. The van der Waals surface area contributed by atoms with E-state index < -0.39 is 6.10 Å². The lowest BCUT2D eigenvalue weighted by atomic mass is 10.0. The van der Waals surface area contributed by atoms with Gasteiger partial charge in [0.2, 0.25) is 5.91 Å². The van der Waals surface area contributed by atoms with Crippen molar-refractivity contribution in [2.45, 2.75) is 51.2 Å². The summed E-state index contributed by atoms with van der Waals surface area (Å²) in [5.74, 6) is 6.83. The van der Waals surface area contributed by atoms with E-state index in [9.17, 15) is 14.7 Å². The third kappa shape index (κ3) is 5.72. The van der Waals surface area contributed by atoms with Gasteiger partial charge in [-0.15, -0.1) is 0 Å². The van der Waals surface area contributed by atoms with Gasteiger partial charge in [-0.25, -0.2) is 4.98 Å². The molecule has 2 saturated heterocycles. The molecule has 7 nitrogen and oxygen atoms in total. The lowest BCUT2D eigenvalue weighted by Crippen LogP contribution is -2.49. The van der Waals surface area contributed by atoms with Crippen molar-refractivity contribution in [1.29, 1.82) is 0 Å². The van der Waals surface area contributed by atoms with Crippen LogP contribution >= 0.6 is 0 Å². The minimum Gasteiger partial charge on any atom is -0.391 e. The zero-order valence-electron chi connectivity index (χ0n) is 21.8. The highest BCUT2D eigenvalue weighted by molar-refractivity contribution is 6.11. The second kappa shape index (κ2) is 11.8. The number of carbonyl (C=O) groups excluding carboxylic acids is 2. The Morgan fingerprint density at radius 3 is 2.84 bits per heavy atom. The zero-order chi connectivity index (χ0) is 26.5. The smallest absolute Gasteiger partial charge is 0.259 e. The van der Waals surface area contributed by atoms with E-state index in [4.69, 9.17) is 4.98 Å². The summed E-state index contributed by atoms with van der Waals surface area (Å²) in [4.78, 5) is 34.7. The fourth-order valence-corrected chi connectivity index (χ4v) is 5.39. The van der Waals surface area contributed by atoms with E-state index in [-0.39, 0.29) is 17.9 Å². The molecule has 2 aliphatic rings. The third-order valence-corrected chi connectivity index (χ3v) is 7.38. The first-order valence-corrected chi connectivity index (χ1v) is 13.4. The van der Waals surface area contributed by atoms with Crippen molar-refractivity contribution in [1.82, 2.24) is 15.2 Å². The van der Waals surface area contributed by atoms with Gasteiger partial charge in [-0.1, -0.05) is 36.1 Å². The molecule has 0 aliphatic carbocycles. The van der Waals surface area contributed by atoms with Crippen LogP contribution in [0, 0.1) is 18.8 Å². The molecular formula is C31H34N4O3. The molecule has 1 aromatic heterocycles. The van der Waals surface area contributed by atoms with Crippen LogP contribution < -0.4 is 10.2 Å². The van der Waals surface area contributed by atoms with Gasteiger partial charge < -0.3 is 15.3 Å². The number of rotatable bonds is 5. The molecule has 5 rings (SSSR count). The molecule has 196 valence electrons.